The molecule has 0 saturated heterocycles. The minimum Gasteiger partial charge on any atom is -0.497 e. The van der Waals surface area contributed by atoms with Gasteiger partial charge in [0.25, 0.3) is 5.91 Å². The normalized spacial score (nSPS) is 11.1. The van der Waals surface area contributed by atoms with Gasteiger partial charge in [0.2, 0.25) is 0 Å². The maximum absolute atomic E-state index is 12.2. The van der Waals surface area contributed by atoms with E-state index in [9.17, 15) is 4.79 Å². The van der Waals surface area contributed by atoms with Crippen LogP contribution >= 0.6 is 0 Å². The average Bonchev–Trinajstić information content (AvgIpc) is 2.66. The summed E-state index contributed by atoms with van der Waals surface area (Å²) in [6, 6.07) is 14.3. The summed E-state index contributed by atoms with van der Waals surface area (Å²) < 4.78 is 16.0. The maximum Gasteiger partial charge on any atom is 0.261 e. The third kappa shape index (κ3) is 4.88. The van der Waals surface area contributed by atoms with Gasteiger partial charge < -0.3 is 19.5 Å². The van der Waals surface area contributed by atoms with Gasteiger partial charge in [0.05, 0.1) is 25.9 Å². The van der Waals surface area contributed by atoms with E-state index in [2.05, 4.69) is 5.32 Å². The highest BCUT2D eigenvalue weighted by Crippen LogP contribution is 2.28. The molecule has 0 spiro atoms. The van der Waals surface area contributed by atoms with Crippen LogP contribution in [-0.4, -0.2) is 26.2 Å². The Balaban J connectivity index is 1.94. The van der Waals surface area contributed by atoms with Crippen molar-refractivity contribution >= 4 is 5.91 Å². The van der Waals surface area contributed by atoms with Gasteiger partial charge in [0.1, 0.15) is 5.75 Å². The molecule has 0 bridgehead atoms. The minimum atomic E-state index is -0.708. The maximum atomic E-state index is 12.2. The number of methoxy groups -OCH3 is 2. The second kappa shape index (κ2) is 8.60. The average molecular weight is 340 g/mol. The molecule has 2 rings (SSSR count). The molecule has 0 radical (unpaired) electrons. The number of amides is 1. The predicted octanol–water partition coefficient (Wildman–Crippen LogP) is 2.66. The molecule has 0 unspecified atom stereocenters. The zero-order valence-corrected chi connectivity index (χ0v) is 14.4. The van der Waals surface area contributed by atoms with Crippen LogP contribution in [0, 0.1) is 11.3 Å². The molecule has 2 aromatic carbocycles. The second-order valence-corrected chi connectivity index (χ2v) is 5.30. The first-order chi connectivity index (χ1) is 12.1. The molecule has 1 amide bonds. The first kappa shape index (κ1) is 18.1. The van der Waals surface area contributed by atoms with Crippen molar-refractivity contribution in [3.8, 4) is 23.3 Å². The van der Waals surface area contributed by atoms with Crippen LogP contribution in [0.25, 0.3) is 0 Å². The zero-order chi connectivity index (χ0) is 18.2. The number of nitriles is 1. The number of nitrogens with one attached hydrogen (secondary N) is 1. The van der Waals surface area contributed by atoms with E-state index in [-0.39, 0.29) is 5.91 Å². The van der Waals surface area contributed by atoms with Crippen molar-refractivity contribution in [3.63, 3.8) is 0 Å². The lowest BCUT2D eigenvalue weighted by molar-refractivity contribution is -0.127. The number of carbonyl (C=O) groups excluding carboxylic acids is 1. The van der Waals surface area contributed by atoms with Crippen molar-refractivity contribution in [1.29, 1.82) is 5.26 Å². The summed E-state index contributed by atoms with van der Waals surface area (Å²) in [5.41, 5.74) is 1.41. The first-order valence-corrected chi connectivity index (χ1v) is 7.72. The monoisotopic (exact) mass is 340 g/mol. The lowest BCUT2D eigenvalue weighted by atomic mass is 10.2. The Labute approximate surface area is 146 Å². The second-order valence-electron chi connectivity index (χ2n) is 5.30. The van der Waals surface area contributed by atoms with Crippen LogP contribution in [0.4, 0.5) is 0 Å². The molecule has 0 heterocycles. The van der Waals surface area contributed by atoms with Crippen molar-refractivity contribution in [2.45, 2.75) is 19.6 Å². The SMILES string of the molecule is COc1ccc(CNC(=O)[C@H](C)Oc2ccc(C#N)cc2OC)cc1. The molecule has 0 saturated carbocycles. The number of ether oxygens (including phenoxy) is 3. The van der Waals surface area contributed by atoms with E-state index >= 15 is 0 Å². The van der Waals surface area contributed by atoms with Gasteiger partial charge in [-0.1, -0.05) is 12.1 Å². The molecule has 6 heteroatoms. The Bertz CT molecular complexity index is 766. The van der Waals surface area contributed by atoms with Gasteiger partial charge in [-0.3, -0.25) is 4.79 Å². The molecule has 25 heavy (non-hydrogen) atoms. The number of hydrogen-bond donors (Lipinski definition) is 1. The number of nitrogens with zero attached hydrogens (tertiary/aromatic N) is 1. The highest BCUT2D eigenvalue weighted by Gasteiger charge is 2.17. The van der Waals surface area contributed by atoms with Crippen LogP contribution in [0.1, 0.15) is 18.1 Å². The molecule has 130 valence electrons. The van der Waals surface area contributed by atoms with Crippen LogP contribution in [0.3, 0.4) is 0 Å². The predicted molar refractivity (Wildman–Crippen MR) is 92.6 cm³/mol. The fraction of sp³-hybridized carbons (Fsp3) is 0.263. The van der Waals surface area contributed by atoms with Crippen LogP contribution in [0.15, 0.2) is 42.5 Å². The quantitative estimate of drug-likeness (QED) is 0.838. The largest absolute Gasteiger partial charge is 0.497 e. The highest BCUT2D eigenvalue weighted by atomic mass is 16.5. The number of rotatable bonds is 7. The molecule has 1 atom stereocenters. The molecule has 1 N–H and O–H groups in total. The van der Waals surface area contributed by atoms with Crippen molar-refractivity contribution in [2.24, 2.45) is 0 Å². The van der Waals surface area contributed by atoms with Gasteiger partial charge in [-0.25, -0.2) is 0 Å². The third-order valence-electron chi connectivity index (χ3n) is 3.59. The number of benzene rings is 2. The molecular weight excluding hydrogens is 320 g/mol. The Hall–Kier alpha value is -3.20. The summed E-state index contributed by atoms with van der Waals surface area (Å²) in [4.78, 5) is 12.2. The molecule has 0 aliphatic carbocycles. The van der Waals surface area contributed by atoms with Crippen LogP contribution in [0.2, 0.25) is 0 Å². The summed E-state index contributed by atoms with van der Waals surface area (Å²) in [6.45, 7) is 2.04. The zero-order valence-electron chi connectivity index (χ0n) is 14.4. The fourth-order valence-corrected chi connectivity index (χ4v) is 2.15. The van der Waals surface area contributed by atoms with E-state index in [4.69, 9.17) is 19.5 Å². The standard InChI is InChI=1S/C19H20N2O4/c1-13(25-17-9-6-15(11-20)10-18(17)24-3)19(22)21-12-14-4-7-16(23-2)8-5-14/h4-10,13H,12H2,1-3H3,(H,21,22)/t13-/m0/s1. The van der Waals surface area contributed by atoms with Crippen LogP contribution in [0.5, 0.6) is 17.2 Å². The van der Waals surface area contributed by atoms with Crippen LogP contribution < -0.4 is 19.5 Å². The summed E-state index contributed by atoms with van der Waals surface area (Å²) >= 11 is 0. The van der Waals surface area contributed by atoms with Gasteiger partial charge >= 0.3 is 0 Å². The third-order valence-corrected chi connectivity index (χ3v) is 3.59. The van der Waals surface area contributed by atoms with Crippen molar-refractivity contribution in [2.75, 3.05) is 14.2 Å². The molecule has 0 aromatic heterocycles. The van der Waals surface area contributed by atoms with E-state index < -0.39 is 6.10 Å². The summed E-state index contributed by atoms with van der Waals surface area (Å²) in [5, 5.41) is 11.7. The Morgan fingerprint density at radius 2 is 1.84 bits per heavy atom. The summed E-state index contributed by atoms with van der Waals surface area (Å²) in [5.74, 6) is 1.34. The lowest BCUT2D eigenvalue weighted by Gasteiger charge is -2.17. The molecule has 0 aliphatic rings. The number of carbonyl (C=O) groups is 1. The highest BCUT2D eigenvalue weighted by molar-refractivity contribution is 5.80. The minimum absolute atomic E-state index is 0.248. The van der Waals surface area contributed by atoms with E-state index in [1.54, 1.807) is 32.2 Å². The lowest BCUT2D eigenvalue weighted by Crippen LogP contribution is -2.35. The van der Waals surface area contributed by atoms with E-state index in [0.717, 1.165) is 11.3 Å². The van der Waals surface area contributed by atoms with Gasteiger partial charge in [0.15, 0.2) is 17.6 Å². The van der Waals surface area contributed by atoms with Gasteiger partial charge in [-0.05, 0) is 36.8 Å². The number of hydrogen-bond acceptors (Lipinski definition) is 5. The van der Waals surface area contributed by atoms with Crippen LogP contribution in [-0.2, 0) is 11.3 Å². The van der Waals surface area contributed by atoms with Gasteiger partial charge in [-0.2, -0.15) is 5.26 Å². The topological polar surface area (TPSA) is 80.6 Å². The molecule has 6 nitrogen and oxygen atoms in total. The first-order valence-electron chi connectivity index (χ1n) is 7.72. The van der Waals surface area contributed by atoms with E-state index in [1.165, 1.54) is 7.11 Å². The Morgan fingerprint density at radius 1 is 1.12 bits per heavy atom. The van der Waals surface area contributed by atoms with Gasteiger partial charge in [0, 0.05) is 12.6 Å². The summed E-state index contributed by atoms with van der Waals surface area (Å²) in [7, 11) is 3.09. The molecular formula is C19H20N2O4. The van der Waals surface area contributed by atoms with E-state index in [0.29, 0.717) is 23.6 Å². The fourth-order valence-electron chi connectivity index (χ4n) is 2.15. The van der Waals surface area contributed by atoms with E-state index in [1.807, 2.05) is 30.3 Å². The molecule has 0 aliphatic heterocycles. The Morgan fingerprint density at radius 3 is 2.44 bits per heavy atom. The molecule has 0 fully saturated rings. The van der Waals surface area contributed by atoms with Crippen molar-refractivity contribution < 1.29 is 19.0 Å². The van der Waals surface area contributed by atoms with Crippen molar-refractivity contribution in [1.82, 2.24) is 5.32 Å². The smallest absolute Gasteiger partial charge is 0.261 e. The van der Waals surface area contributed by atoms with Crippen molar-refractivity contribution in [3.05, 3.63) is 53.6 Å². The summed E-state index contributed by atoms with van der Waals surface area (Å²) in [6.07, 6.45) is -0.708. The molecule has 2 aromatic rings. The van der Waals surface area contributed by atoms with Gasteiger partial charge in [-0.15, -0.1) is 0 Å². The Kier molecular flexibility index (Phi) is 6.24.